The summed E-state index contributed by atoms with van der Waals surface area (Å²) in [6, 6.07) is 1.32. The Balaban J connectivity index is 1.83. The lowest BCUT2D eigenvalue weighted by molar-refractivity contribution is 0.0951. The fraction of sp³-hybridized carbons (Fsp3) is 0.562. The largest absolute Gasteiger partial charge is 0.355 e. The third kappa shape index (κ3) is 4.92. The van der Waals surface area contributed by atoms with Gasteiger partial charge < -0.3 is 20.9 Å². The van der Waals surface area contributed by atoms with Gasteiger partial charge in [-0.25, -0.2) is 0 Å². The van der Waals surface area contributed by atoms with Crippen molar-refractivity contribution in [2.45, 2.75) is 25.7 Å². The molecule has 7 heteroatoms. The molecule has 0 bridgehead atoms. The summed E-state index contributed by atoms with van der Waals surface area (Å²) in [5.74, 6) is -0.0513. The topological polar surface area (TPSA) is 103 Å². The highest BCUT2D eigenvalue weighted by Crippen LogP contribution is 2.17. The summed E-state index contributed by atoms with van der Waals surface area (Å²) in [6.07, 6.45) is 5.77. The van der Waals surface area contributed by atoms with Gasteiger partial charge in [0.2, 0.25) is 0 Å². The number of piperidine rings is 1. The highest BCUT2D eigenvalue weighted by Gasteiger charge is 2.14. The minimum Gasteiger partial charge on any atom is -0.355 e. The lowest BCUT2D eigenvalue weighted by Gasteiger charge is -2.22. The number of carbonyl (C=O) groups is 2. The van der Waals surface area contributed by atoms with E-state index >= 15 is 0 Å². The number of nitrogens with one attached hydrogen (secondary N) is 4. The standard InChI is InChI=1S/C16H24N4O3/c1-17-15(22)13-9-12(10-20-16(13)23)14(21)19-6-2-3-11-4-7-18-8-5-11/h9-11,18H,2-8H2,1H3,(H,17,22)(H,19,21)(H,20,23). The zero-order valence-electron chi connectivity index (χ0n) is 13.4. The quantitative estimate of drug-likeness (QED) is 0.564. The van der Waals surface area contributed by atoms with Crippen molar-refractivity contribution in [3.63, 3.8) is 0 Å². The second kappa shape index (κ2) is 8.47. The van der Waals surface area contributed by atoms with E-state index in [4.69, 9.17) is 0 Å². The number of amides is 2. The first-order valence-electron chi connectivity index (χ1n) is 8.05. The van der Waals surface area contributed by atoms with Crippen LogP contribution in [0.3, 0.4) is 0 Å². The Labute approximate surface area is 135 Å². The van der Waals surface area contributed by atoms with Gasteiger partial charge in [0.25, 0.3) is 17.4 Å². The maximum atomic E-state index is 12.1. The molecule has 4 N–H and O–H groups in total. The van der Waals surface area contributed by atoms with Crippen LogP contribution in [0, 0.1) is 5.92 Å². The van der Waals surface area contributed by atoms with Crippen molar-refractivity contribution in [2.24, 2.45) is 5.92 Å². The molecule has 1 aliphatic heterocycles. The Bertz CT molecular complexity index is 606. The molecule has 2 amide bonds. The van der Waals surface area contributed by atoms with Crippen molar-refractivity contribution in [1.29, 1.82) is 0 Å². The van der Waals surface area contributed by atoms with Gasteiger partial charge >= 0.3 is 0 Å². The predicted molar refractivity (Wildman–Crippen MR) is 87.6 cm³/mol. The molecule has 0 aromatic carbocycles. The molecule has 0 spiro atoms. The van der Waals surface area contributed by atoms with Gasteiger partial charge in [0.15, 0.2) is 0 Å². The summed E-state index contributed by atoms with van der Waals surface area (Å²) in [6.45, 7) is 2.75. The normalized spacial score (nSPS) is 15.2. The molecule has 7 nitrogen and oxygen atoms in total. The summed E-state index contributed by atoms with van der Waals surface area (Å²) in [5, 5.41) is 8.55. The third-order valence-electron chi connectivity index (χ3n) is 4.17. The Hall–Kier alpha value is -2.15. The molecular formula is C16H24N4O3. The van der Waals surface area contributed by atoms with Crippen molar-refractivity contribution >= 4 is 11.8 Å². The average Bonchev–Trinajstić information content (AvgIpc) is 2.59. The van der Waals surface area contributed by atoms with E-state index in [0.29, 0.717) is 6.54 Å². The summed E-state index contributed by atoms with van der Waals surface area (Å²) in [7, 11) is 1.44. The van der Waals surface area contributed by atoms with Gasteiger partial charge in [0.1, 0.15) is 5.56 Å². The zero-order chi connectivity index (χ0) is 16.7. The molecule has 2 heterocycles. The van der Waals surface area contributed by atoms with Crippen LogP contribution in [-0.4, -0.2) is 43.5 Å². The number of carbonyl (C=O) groups excluding carboxylic acids is 2. The number of hydrogen-bond donors (Lipinski definition) is 4. The van der Waals surface area contributed by atoms with Gasteiger partial charge in [0, 0.05) is 19.8 Å². The number of rotatable bonds is 6. The van der Waals surface area contributed by atoms with Crippen LogP contribution in [0.4, 0.5) is 0 Å². The van der Waals surface area contributed by atoms with E-state index in [2.05, 4.69) is 20.9 Å². The van der Waals surface area contributed by atoms with E-state index in [9.17, 15) is 14.4 Å². The molecule has 2 rings (SSSR count). The van der Waals surface area contributed by atoms with Gasteiger partial charge in [-0.3, -0.25) is 14.4 Å². The maximum absolute atomic E-state index is 12.1. The molecule has 0 atom stereocenters. The molecule has 0 aliphatic carbocycles. The Morgan fingerprint density at radius 3 is 2.70 bits per heavy atom. The van der Waals surface area contributed by atoms with Crippen LogP contribution in [0.5, 0.6) is 0 Å². The molecule has 1 fully saturated rings. The molecule has 1 aromatic heterocycles. The van der Waals surface area contributed by atoms with E-state index in [1.807, 2.05) is 0 Å². The van der Waals surface area contributed by atoms with Crippen LogP contribution < -0.4 is 21.5 Å². The Morgan fingerprint density at radius 1 is 1.26 bits per heavy atom. The fourth-order valence-corrected chi connectivity index (χ4v) is 2.78. The van der Waals surface area contributed by atoms with Crippen LogP contribution in [0.1, 0.15) is 46.4 Å². The molecule has 1 saturated heterocycles. The van der Waals surface area contributed by atoms with Crippen molar-refractivity contribution < 1.29 is 9.59 Å². The second-order valence-corrected chi connectivity index (χ2v) is 5.80. The van der Waals surface area contributed by atoms with Crippen LogP contribution in [0.2, 0.25) is 0 Å². The first kappa shape index (κ1) is 17.2. The average molecular weight is 320 g/mol. The lowest BCUT2D eigenvalue weighted by atomic mass is 9.93. The minimum absolute atomic E-state index is 0.0603. The first-order valence-corrected chi connectivity index (χ1v) is 8.05. The molecule has 126 valence electrons. The number of pyridine rings is 1. The third-order valence-corrected chi connectivity index (χ3v) is 4.17. The van der Waals surface area contributed by atoms with Gasteiger partial charge in [0.05, 0.1) is 5.56 Å². The number of aromatic amines is 1. The monoisotopic (exact) mass is 320 g/mol. The minimum atomic E-state index is -0.508. The molecule has 23 heavy (non-hydrogen) atoms. The number of H-pyrrole nitrogens is 1. The first-order chi connectivity index (χ1) is 11.1. The van der Waals surface area contributed by atoms with Crippen LogP contribution in [-0.2, 0) is 0 Å². The van der Waals surface area contributed by atoms with Gasteiger partial charge in [-0.15, -0.1) is 0 Å². The highest BCUT2D eigenvalue weighted by molar-refractivity contribution is 5.98. The smallest absolute Gasteiger partial charge is 0.260 e. The summed E-state index contributed by atoms with van der Waals surface area (Å²) in [4.78, 5) is 37.7. The Morgan fingerprint density at radius 2 is 2.00 bits per heavy atom. The van der Waals surface area contributed by atoms with Crippen molar-refractivity contribution in [3.05, 3.63) is 33.7 Å². The van der Waals surface area contributed by atoms with Crippen LogP contribution in [0.25, 0.3) is 0 Å². The summed E-state index contributed by atoms with van der Waals surface area (Å²) < 4.78 is 0. The highest BCUT2D eigenvalue weighted by atomic mass is 16.2. The van der Waals surface area contributed by atoms with Crippen molar-refractivity contribution in [1.82, 2.24) is 20.9 Å². The molecule has 0 saturated carbocycles. The van der Waals surface area contributed by atoms with Gasteiger partial charge in [-0.2, -0.15) is 0 Å². The van der Waals surface area contributed by atoms with Crippen molar-refractivity contribution in [2.75, 3.05) is 26.7 Å². The maximum Gasteiger partial charge on any atom is 0.260 e. The zero-order valence-corrected chi connectivity index (χ0v) is 13.4. The summed E-state index contributed by atoms with van der Waals surface area (Å²) in [5.41, 5.74) is -0.285. The van der Waals surface area contributed by atoms with E-state index in [-0.39, 0.29) is 17.0 Å². The van der Waals surface area contributed by atoms with E-state index in [1.54, 1.807) is 0 Å². The van der Waals surface area contributed by atoms with Crippen LogP contribution in [0.15, 0.2) is 17.1 Å². The van der Waals surface area contributed by atoms with E-state index in [1.165, 1.54) is 32.2 Å². The number of hydrogen-bond acceptors (Lipinski definition) is 4. The second-order valence-electron chi connectivity index (χ2n) is 5.80. The molecule has 1 aromatic rings. The lowest BCUT2D eigenvalue weighted by Crippen LogP contribution is -2.30. The fourth-order valence-electron chi connectivity index (χ4n) is 2.78. The Kier molecular flexibility index (Phi) is 6.34. The molecule has 0 unspecified atom stereocenters. The van der Waals surface area contributed by atoms with Gasteiger partial charge in [-0.1, -0.05) is 0 Å². The predicted octanol–water partition coefficient (Wildman–Crippen LogP) is 0.244. The van der Waals surface area contributed by atoms with E-state index in [0.717, 1.165) is 31.8 Å². The molecule has 1 aliphatic rings. The van der Waals surface area contributed by atoms with E-state index < -0.39 is 11.5 Å². The van der Waals surface area contributed by atoms with Crippen molar-refractivity contribution in [3.8, 4) is 0 Å². The summed E-state index contributed by atoms with van der Waals surface area (Å²) >= 11 is 0. The SMILES string of the molecule is CNC(=O)c1cc(C(=O)NCCCC2CCNCC2)c[nH]c1=O. The molecular weight excluding hydrogens is 296 g/mol. The number of aromatic nitrogens is 1. The van der Waals surface area contributed by atoms with Crippen LogP contribution >= 0.6 is 0 Å². The van der Waals surface area contributed by atoms with Gasteiger partial charge in [-0.05, 0) is 50.8 Å². The molecule has 0 radical (unpaired) electrons.